The molecule has 3 rings (SSSR count). The molecule has 0 atom stereocenters. The SMILES string of the molecule is O=c1n(Cc2sccc2C#CCCO)nc2ccccn12. The van der Waals surface area contributed by atoms with E-state index in [0.717, 1.165) is 10.4 Å². The molecule has 0 aliphatic carbocycles. The van der Waals surface area contributed by atoms with E-state index in [-0.39, 0.29) is 12.3 Å². The highest BCUT2D eigenvalue weighted by Crippen LogP contribution is 2.16. The fraction of sp³-hybridized carbons (Fsp3) is 0.200. The molecular formula is C15H13N3O2S. The second kappa shape index (κ2) is 5.95. The number of pyridine rings is 1. The lowest BCUT2D eigenvalue weighted by molar-refractivity contribution is 0.305. The van der Waals surface area contributed by atoms with E-state index < -0.39 is 0 Å². The summed E-state index contributed by atoms with van der Waals surface area (Å²) in [4.78, 5) is 13.2. The van der Waals surface area contributed by atoms with Gasteiger partial charge in [-0.25, -0.2) is 9.48 Å². The molecule has 0 radical (unpaired) electrons. The Balaban J connectivity index is 1.93. The zero-order valence-electron chi connectivity index (χ0n) is 11.2. The average Bonchev–Trinajstić information content (AvgIpc) is 3.06. The summed E-state index contributed by atoms with van der Waals surface area (Å²) in [6, 6.07) is 7.37. The third kappa shape index (κ3) is 2.75. The maximum atomic E-state index is 12.2. The molecule has 0 amide bonds. The van der Waals surface area contributed by atoms with Crippen LogP contribution in [0.3, 0.4) is 0 Å². The van der Waals surface area contributed by atoms with Crippen molar-refractivity contribution in [2.24, 2.45) is 0 Å². The molecule has 0 aliphatic heterocycles. The van der Waals surface area contributed by atoms with Gasteiger partial charge in [-0.1, -0.05) is 17.9 Å². The van der Waals surface area contributed by atoms with Crippen molar-refractivity contribution in [3.05, 3.63) is 56.8 Å². The summed E-state index contributed by atoms with van der Waals surface area (Å²) in [5.74, 6) is 5.92. The molecule has 21 heavy (non-hydrogen) atoms. The minimum Gasteiger partial charge on any atom is -0.395 e. The lowest BCUT2D eigenvalue weighted by Gasteiger charge is -1.97. The number of aliphatic hydroxyl groups excluding tert-OH is 1. The summed E-state index contributed by atoms with van der Waals surface area (Å²) in [5.41, 5.74) is 1.36. The zero-order chi connectivity index (χ0) is 14.7. The van der Waals surface area contributed by atoms with Crippen LogP contribution in [0.4, 0.5) is 0 Å². The standard InChI is InChI=1S/C15H13N3O2S/c19-9-4-2-5-12-7-10-21-13(12)11-18-15(20)17-8-3-1-6-14(17)16-18/h1,3,6-8,10,19H,4,9,11H2. The van der Waals surface area contributed by atoms with Crippen LogP contribution in [0.25, 0.3) is 5.65 Å². The van der Waals surface area contributed by atoms with E-state index in [1.807, 2.05) is 17.5 Å². The third-order valence-electron chi connectivity index (χ3n) is 2.99. The van der Waals surface area contributed by atoms with E-state index in [4.69, 9.17) is 5.11 Å². The maximum Gasteiger partial charge on any atom is 0.350 e. The van der Waals surface area contributed by atoms with Crippen LogP contribution in [0.1, 0.15) is 16.9 Å². The number of hydrogen-bond donors (Lipinski definition) is 1. The second-order valence-electron chi connectivity index (χ2n) is 4.40. The monoisotopic (exact) mass is 299 g/mol. The molecule has 3 aromatic rings. The summed E-state index contributed by atoms with van der Waals surface area (Å²) < 4.78 is 2.96. The quantitative estimate of drug-likeness (QED) is 0.743. The summed E-state index contributed by atoms with van der Waals surface area (Å²) in [5, 5.41) is 15.0. The minimum absolute atomic E-state index is 0.0539. The lowest BCUT2D eigenvalue weighted by atomic mass is 10.2. The van der Waals surface area contributed by atoms with Crippen LogP contribution in [0.2, 0.25) is 0 Å². The summed E-state index contributed by atoms with van der Waals surface area (Å²) >= 11 is 1.55. The molecule has 0 spiro atoms. The summed E-state index contributed by atoms with van der Waals surface area (Å²) in [7, 11) is 0. The molecule has 0 aromatic carbocycles. The van der Waals surface area contributed by atoms with Crippen molar-refractivity contribution in [3.8, 4) is 11.8 Å². The minimum atomic E-state index is -0.159. The second-order valence-corrected chi connectivity index (χ2v) is 5.40. The predicted molar refractivity (Wildman–Crippen MR) is 81.5 cm³/mol. The van der Waals surface area contributed by atoms with Crippen molar-refractivity contribution in [2.45, 2.75) is 13.0 Å². The predicted octanol–water partition coefficient (Wildman–Crippen LogP) is 1.34. The van der Waals surface area contributed by atoms with Gasteiger partial charge in [0.1, 0.15) is 0 Å². The van der Waals surface area contributed by atoms with Crippen molar-refractivity contribution < 1.29 is 5.11 Å². The van der Waals surface area contributed by atoms with Crippen molar-refractivity contribution in [2.75, 3.05) is 6.61 Å². The van der Waals surface area contributed by atoms with Crippen LogP contribution in [0.15, 0.2) is 40.6 Å². The highest BCUT2D eigenvalue weighted by Gasteiger charge is 2.09. The van der Waals surface area contributed by atoms with Crippen LogP contribution >= 0.6 is 11.3 Å². The molecule has 3 heterocycles. The van der Waals surface area contributed by atoms with Crippen LogP contribution in [0, 0.1) is 11.8 Å². The van der Waals surface area contributed by atoms with Gasteiger partial charge in [-0.3, -0.25) is 4.40 Å². The van der Waals surface area contributed by atoms with E-state index in [0.29, 0.717) is 18.6 Å². The molecule has 3 aromatic heterocycles. The van der Waals surface area contributed by atoms with Crippen LogP contribution in [0.5, 0.6) is 0 Å². The first-order valence-corrected chi connectivity index (χ1v) is 7.38. The molecule has 0 aliphatic rings. The number of thiophene rings is 1. The van der Waals surface area contributed by atoms with Crippen LogP contribution in [-0.2, 0) is 6.54 Å². The van der Waals surface area contributed by atoms with Gasteiger partial charge in [0.05, 0.1) is 13.2 Å². The Bertz CT molecular complexity index is 879. The van der Waals surface area contributed by atoms with Crippen molar-refractivity contribution in [1.82, 2.24) is 14.2 Å². The van der Waals surface area contributed by atoms with Gasteiger partial charge < -0.3 is 5.11 Å². The van der Waals surface area contributed by atoms with E-state index in [2.05, 4.69) is 16.9 Å². The molecular weight excluding hydrogens is 286 g/mol. The van der Waals surface area contributed by atoms with E-state index >= 15 is 0 Å². The summed E-state index contributed by atoms with van der Waals surface area (Å²) in [6.07, 6.45) is 2.15. The van der Waals surface area contributed by atoms with Gasteiger partial charge >= 0.3 is 5.69 Å². The first kappa shape index (κ1) is 13.6. The number of aromatic nitrogens is 3. The first-order chi connectivity index (χ1) is 10.3. The maximum absolute atomic E-state index is 12.2. The topological polar surface area (TPSA) is 59.5 Å². The summed E-state index contributed by atoms with van der Waals surface area (Å²) in [6.45, 7) is 0.458. The molecule has 0 saturated carbocycles. The molecule has 106 valence electrons. The number of aliphatic hydroxyl groups is 1. The number of hydrogen-bond acceptors (Lipinski definition) is 4. The molecule has 0 fully saturated rings. The molecule has 0 unspecified atom stereocenters. The van der Waals surface area contributed by atoms with Gasteiger partial charge in [0.15, 0.2) is 5.65 Å². The Morgan fingerprint density at radius 2 is 2.24 bits per heavy atom. The van der Waals surface area contributed by atoms with Crippen LogP contribution < -0.4 is 5.69 Å². The fourth-order valence-electron chi connectivity index (χ4n) is 2.00. The number of rotatable bonds is 3. The van der Waals surface area contributed by atoms with Gasteiger partial charge in [0, 0.05) is 23.1 Å². The Hall–Kier alpha value is -2.36. The van der Waals surface area contributed by atoms with E-state index in [1.165, 1.54) is 9.08 Å². The van der Waals surface area contributed by atoms with Gasteiger partial charge in [-0.2, -0.15) is 0 Å². The molecule has 6 heteroatoms. The van der Waals surface area contributed by atoms with Gasteiger partial charge in [0.25, 0.3) is 0 Å². The Kier molecular flexibility index (Phi) is 3.86. The zero-order valence-corrected chi connectivity index (χ0v) is 12.0. The smallest absolute Gasteiger partial charge is 0.350 e. The molecule has 0 bridgehead atoms. The molecule has 0 saturated heterocycles. The van der Waals surface area contributed by atoms with Gasteiger partial charge in [-0.15, -0.1) is 16.4 Å². The first-order valence-electron chi connectivity index (χ1n) is 6.50. The Morgan fingerprint density at radius 1 is 1.33 bits per heavy atom. The Labute approximate surface area is 125 Å². The highest BCUT2D eigenvalue weighted by molar-refractivity contribution is 7.10. The van der Waals surface area contributed by atoms with E-state index in [1.54, 1.807) is 29.7 Å². The number of fused-ring (bicyclic) bond motifs is 1. The molecule has 1 N–H and O–H groups in total. The Morgan fingerprint density at radius 3 is 3.05 bits per heavy atom. The van der Waals surface area contributed by atoms with Crippen LogP contribution in [-0.4, -0.2) is 25.9 Å². The largest absolute Gasteiger partial charge is 0.395 e. The van der Waals surface area contributed by atoms with Crippen molar-refractivity contribution in [1.29, 1.82) is 0 Å². The van der Waals surface area contributed by atoms with Gasteiger partial charge in [0.2, 0.25) is 0 Å². The average molecular weight is 299 g/mol. The van der Waals surface area contributed by atoms with Crippen molar-refractivity contribution in [3.63, 3.8) is 0 Å². The fourth-order valence-corrected chi connectivity index (χ4v) is 2.81. The molecule has 5 nitrogen and oxygen atoms in total. The number of nitrogens with zero attached hydrogens (tertiary/aromatic N) is 3. The normalized spacial score (nSPS) is 10.5. The highest BCUT2D eigenvalue weighted by atomic mass is 32.1. The third-order valence-corrected chi connectivity index (χ3v) is 3.89. The lowest BCUT2D eigenvalue weighted by Crippen LogP contribution is -2.21. The van der Waals surface area contributed by atoms with Gasteiger partial charge in [-0.05, 0) is 23.6 Å². The van der Waals surface area contributed by atoms with E-state index in [9.17, 15) is 4.79 Å². The van der Waals surface area contributed by atoms with Crippen molar-refractivity contribution >= 4 is 17.0 Å².